The van der Waals surface area contributed by atoms with E-state index in [4.69, 9.17) is 4.74 Å². The van der Waals surface area contributed by atoms with Crippen LogP contribution >= 0.6 is 0 Å². The molecule has 0 saturated carbocycles. The van der Waals surface area contributed by atoms with E-state index in [1.165, 1.54) is 21.8 Å². The quantitative estimate of drug-likeness (QED) is 0.639. The third-order valence-electron chi connectivity index (χ3n) is 3.68. The van der Waals surface area contributed by atoms with Crippen molar-refractivity contribution in [1.82, 2.24) is 4.57 Å². The van der Waals surface area contributed by atoms with Gasteiger partial charge in [0.2, 0.25) is 0 Å². The fourth-order valence-electron chi connectivity index (χ4n) is 2.92. The van der Waals surface area contributed by atoms with Gasteiger partial charge in [0.15, 0.2) is 0 Å². The lowest BCUT2D eigenvalue weighted by molar-refractivity contribution is -0.0342. The second-order valence-corrected chi connectivity index (χ2v) is 5.45. The van der Waals surface area contributed by atoms with Crippen LogP contribution < -0.4 is 0 Å². The van der Waals surface area contributed by atoms with Gasteiger partial charge in [0.1, 0.15) is 6.23 Å². The maximum absolute atomic E-state index is 6.12. The van der Waals surface area contributed by atoms with Crippen molar-refractivity contribution in [2.45, 2.75) is 39.5 Å². The summed E-state index contributed by atoms with van der Waals surface area (Å²) in [5.41, 5.74) is 2.50. The lowest BCUT2D eigenvalue weighted by Gasteiger charge is -2.22. The summed E-state index contributed by atoms with van der Waals surface area (Å²) >= 11 is 0. The van der Waals surface area contributed by atoms with Crippen molar-refractivity contribution < 1.29 is 4.74 Å². The SMILES string of the molecule is CC[C@H](OC(C)C)n1c2ccccc2c2ccccc21. The minimum atomic E-state index is 0.0831. The first-order chi connectivity index (χ1) is 9.72. The second kappa shape index (κ2) is 5.29. The molecule has 0 aliphatic heterocycles. The van der Waals surface area contributed by atoms with Gasteiger partial charge in [0.25, 0.3) is 0 Å². The first-order valence-corrected chi connectivity index (χ1v) is 7.35. The molecule has 2 aromatic carbocycles. The molecule has 2 heteroatoms. The van der Waals surface area contributed by atoms with Crippen LogP contribution in [-0.4, -0.2) is 10.7 Å². The summed E-state index contributed by atoms with van der Waals surface area (Å²) in [5, 5.41) is 2.60. The third-order valence-corrected chi connectivity index (χ3v) is 3.68. The molecule has 0 fully saturated rings. The highest BCUT2D eigenvalue weighted by Crippen LogP contribution is 2.33. The van der Waals surface area contributed by atoms with Gasteiger partial charge in [-0.15, -0.1) is 0 Å². The minimum absolute atomic E-state index is 0.0831. The van der Waals surface area contributed by atoms with E-state index in [0.29, 0.717) is 0 Å². The number of hydrogen-bond acceptors (Lipinski definition) is 1. The Morgan fingerprint density at radius 1 is 0.900 bits per heavy atom. The Kier molecular flexibility index (Phi) is 3.49. The number of fused-ring (bicyclic) bond motifs is 3. The zero-order valence-electron chi connectivity index (χ0n) is 12.3. The molecule has 1 heterocycles. The van der Waals surface area contributed by atoms with Crippen molar-refractivity contribution in [2.24, 2.45) is 0 Å². The predicted molar refractivity (Wildman–Crippen MR) is 85.0 cm³/mol. The fraction of sp³-hybridized carbons (Fsp3) is 0.333. The third kappa shape index (κ3) is 2.10. The van der Waals surface area contributed by atoms with Crippen LogP contribution in [0.4, 0.5) is 0 Å². The molecule has 0 saturated heterocycles. The topological polar surface area (TPSA) is 14.2 Å². The summed E-state index contributed by atoms with van der Waals surface area (Å²) < 4.78 is 8.46. The molecule has 0 bridgehead atoms. The first-order valence-electron chi connectivity index (χ1n) is 7.35. The molecule has 0 aliphatic rings. The molecule has 0 unspecified atom stereocenters. The highest BCUT2D eigenvalue weighted by atomic mass is 16.5. The molecule has 1 atom stereocenters. The van der Waals surface area contributed by atoms with E-state index in [2.05, 4.69) is 73.9 Å². The largest absolute Gasteiger partial charge is 0.355 e. The molecule has 20 heavy (non-hydrogen) atoms. The van der Waals surface area contributed by atoms with Gasteiger partial charge in [0, 0.05) is 10.8 Å². The number of hydrogen-bond donors (Lipinski definition) is 0. The molecule has 0 amide bonds. The molecule has 1 aromatic heterocycles. The van der Waals surface area contributed by atoms with Gasteiger partial charge in [0.05, 0.1) is 17.1 Å². The first kappa shape index (κ1) is 13.2. The van der Waals surface area contributed by atoms with E-state index in [0.717, 1.165) is 6.42 Å². The van der Waals surface area contributed by atoms with Gasteiger partial charge < -0.3 is 9.30 Å². The average Bonchev–Trinajstić information content (AvgIpc) is 2.79. The molecule has 0 radical (unpaired) electrons. The Balaban J connectivity index is 2.30. The lowest BCUT2D eigenvalue weighted by Crippen LogP contribution is -2.16. The van der Waals surface area contributed by atoms with Crippen molar-refractivity contribution in [1.29, 1.82) is 0 Å². The van der Waals surface area contributed by atoms with Gasteiger partial charge in [-0.3, -0.25) is 0 Å². The van der Waals surface area contributed by atoms with Crippen molar-refractivity contribution in [2.75, 3.05) is 0 Å². The predicted octanol–water partition coefficient (Wildman–Crippen LogP) is 5.13. The monoisotopic (exact) mass is 267 g/mol. The number of para-hydroxylation sites is 2. The zero-order chi connectivity index (χ0) is 14.1. The minimum Gasteiger partial charge on any atom is -0.355 e. The van der Waals surface area contributed by atoms with Crippen molar-refractivity contribution in [3.05, 3.63) is 48.5 Å². The van der Waals surface area contributed by atoms with Crippen LogP contribution in [0.25, 0.3) is 21.8 Å². The van der Waals surface area contributed by atoms with E-state index in [1.807, 2.05) is 0 Å². The molecule has 0 spiro atoms. The molecular formula is C18H21NO. The van der Waals surface area contributed by atoms with Gasteiger partial charge in [-0.25, -0.2) is 0 Å². The van der Waals surface area contributed by atoms with Gasteiger partial charge in [-0.05, 0) is 32.4 Å². The van der Waals surface area contributed by atoms with Gasteiger partial charge >= 0.3 is 0 Å². The zero-order valence-corrected chi connectivity index (χ0v) is 12.3. The molecule has 2 nitrogen and oxygen atoms in total. The molecule has 0 N–H and O–H groups in total. The maximum atomic E-state index is 6.12. The molecular weight excluding hydrogens is 246 g/mol. The Labute approximate surface area is 120 Å². The molecule has 3 aromatic rings. The summed E-state index contributed by atoms with van der Waals surface area (Å²) in [7, 11) is 0. The number of rotatable bonds is 4. The van der Waals surface area contributed by atoms with Crippen LogP contribution in [-0.2, 0) is 4.74 Å². The van der Waals surface area contributed by atoms with Crippen molar-refractivity contribution in [3.8, 4) is 0 Å². The number of benzene rings is 2. The van der Waals surface area contributed by atoms with Crippen LogP contribution in [0.1, 0.15) is 33.4 Å². The van der Waals surface area contributed by atoms with Gasteiger partial charge in [-0.1, -0.05) is 43.3 Å². The summed E-state index contributed by atoms with van der Waals surface area (Å²) in [6.07, 6.45) is 1.26. The Morgan fingerprint density at radius 3 is 1.85 bits per heavy atom. The fourth-order valence-corrected chi connectivity index (χ4v) is 2.92. The molecule has 104 valence electrons. The van der Waals surface area contributed by atoms with Crippen LogP contribution in [0, 0.1) is 0 Å². The smallest absolute Gasteiger partial charge is 0.134 e. The Bertz CT molecular complexity index is 673. The van der Waals surface area contributed by atoms with Crippen molar-refractivity contribution >= 4 is 21.8 Å². The molecule has 0 aliphatic carbocycles. The van der Waals surface area contributed by atoms with E-state index >= 15 is 0 Å². The summed E-state index contributed by atoms with van der Waals surface area (Å²) in [6.45, 7) is 6.36. The van der Waals surface area contributed by atoms with E-state index in [1.54, 1.807) is 0 Å². The maximum Gasteiger partial charge on any atom is 0.134 e. The van der Waals surface area contributed by atoms with Gasteiger partial charge in [-0.2, -0.15) is 0 Å². The number of ether oxygens (including phenoxy) is 1. The summed E-state index contributed by atoms with van der Waals surface area (Å²) in [4.78, 5) is 0. The highest BCUT2D eigenvalue weighted by molar-refractivity contribution is 6.08. The van der Waals surface area contributed by atoms with Crippen molar-refractivity contribution in [3.63, 3.8) is 0 Å². The van der Waals surface area contributed by atoms with E-state index in [9.17, 15) is 0 Å². The van der Waals surface area contributed by atoms with E-state index in [-0.39, 0.29) is 12.3 Å². The lowest BCUT2D eigenvalue weighted by atomic mass is 10.2. The Hall–Kier alpha value is -1.80. The Morgan fingerprint density at radius 2 is 1.40 bits per heavy atom. The van der Waals surface area contributed by atoms with Crippen LogP contribution in [0.5, 0.6) is 0 Å². The number of nitrogens with zero attached hydrogens (tertiary/aromatic N) is 1. The van der Waals surface area contributed by atoms with E-state index < -0.39 is 0 Å². The average molecular weight is 267 g/mol. The summed E-state index contributed by atoms with van der Waals surface area (Å²) in [6, 6.07) is 17.1. The van der Waals surface area contributed by atoms with Crippen LogP contribution in [0.15, 0.2) is 48.5 Å². The highest BCUT2D eigenvalue weighted by Gasteiger charge is 2.17. The summed E-state index contributed by atoms with van der Waals surface area (Å²) in [5.74, 6) is 0. The van der Waals surface area contributed by atoms with Crippen LogP contribution in [0.2, 0.25) is 0 Å². The number of aromatic nitrogens is 1. The standard InChI is InChI=1S/C18H21NO/c1-4-18(20-13(2)3)19-16-11-7-5-9-14(16)15-10-6-8-12-17(15)19/h5-13,18H,4H2,1-3H3/t18-/m0/s1. The van der Waals surface area contributed by atoms with Crippen LogP contribution in [0.3, 0.4) is 0 Å². The molecule has 3 rings (SSSR count). The second-order valence-electron chi connectivity index (χ2n) is 5.45. The normalized spacial score (nSPS) is 13.4.